The van der Waals surface area contributed by atoms with Crippen LogP contribution in [0, 0.1) is 11.8 Å². The third kappa shape index (κ3) is 7.29. The fourth-order valence-electron chi connectivity index (χ4n) is 5.50. The highest BCUT2D eigenvalue weighted by Gasteiger charge is 2.21. The summed E-state index contributed by atoms with van der Waals surface area (Å²) >= 11 is 0. The van der Waals surface area contributed by atoms with Crippen LogP contribution < -0.4 is 9.47 Å². The van der Waals surface area contributed by atoms with Gasteiger partial charge in [0.1, 0.15) is 24.7 Å². The zero-order chi connectivity index (χ0) is 22.6. The molecule has 3 aliphatic rings. The van der Waals surface area contributed by atoms with Crippen molar-refractivity contribution >= 4 is 24.8 Å². The Balaban J connectivity index is 0.00000171. The number of nitrogens with zero attached hydrogens (tertiary/aromatic N) is 2. The molecule has 0 N–H and O–H groups in total. The summed E-state index contributed by atoms with van der Waals surface area (Å²) in [6, 6.07) is 13.2. The van der Waals surface area contributed by atoms with Gasteiger partial charge in [-0.25, -0.2) is 0 Å². The number of halogens is 2. The topological polar surface area (TPSA) is 24.9 Å². The molecular formula is C29H42Cl2N2O2. The van der Waals surface area contributed by atoms with Crippen LogP contribution in [0.15, 0.2) is 36.4 Å². The van der Waals surface area contributed by atoms with E-state index in [1.165, 1.54) is 74.1 Å². The molecule has 6 heteroatoms. The van der Waals surface area contributed by atoms with E-state index in [9.17, 15) is 0 Å². The lowest BCUT2D eigenvalue weighted by Crippen LogP contribution is -2.35. The lowest BCUT2D eigenvalue weighted by atomic mass is 9.99. The summed E-state index contributed by atoms with van der Waals surface area (Å²) in [5, 5.41) is 0. The molecule has 2 aromatic rings. The first kappa shape index (κ1) is 28.1. The van der Waals surface area contributed by atoms with Crippen LogP contribution in [0.4, 0.5) is 0 Å². The van der Waals surface area contributed by atoms with Crippen LogP contribution in [-0.4, -0.2) is 62.3 Å². The number of hydrogen-bond donors (Lipinski definition) is 0. The van der Waals surface area contributed by atoms with Gasteiger partial charge in [-0.05, 0) is 117 Å². The molecule has 0 aromatic heterocycles. The summed E-state index contributed by atoms with van der Waals surface area (Å²) in [4.78, 5) is 5.08. The first-order valence-electron chi connectivity index (χ1n) is 13.1. The van der Waals surface area contributed by atoms with E-state index in [-0.39, 0.29) is 24.8 Å². The van der Waals surface area contributed by atoms with Crippen LogP contribution in [-0.2, 0) is 6.42 Å². The zero-order valence-electron chi connectivity index (χ0n) is 21.3. The van der Waals surface area contributed by atoms with Crippen LogP contribution in [0.1, 0.15) is 50.7 Å². The van der Waals surface area contributed by atoms with Crippen molar-refractivity contribution in [1.29, 1.82) is 0 Å². The number of benzene rings is 2. The Morgan fingerprint density at radius 3 is 1.46 bits per heavy atom. The molecule has 2 aliphatic heterocycles. The smallest absolute Gasteiger partial charge is 0.119 e. The van der Waals surface area contributed by atoms with Crippen molar-refractivity contribution in [3.63, 3.8) is 0 Å². The summed E-state index contributed by atoms with van der Waals surface area (Å²) < 4.78 is 12.3. The Hall–Kier alpha value is -1.46. The van der Waals surface area contributed by atoms with Crippen LogP contribution in [0.25, 0.3) is 11.1 Å². The molecule has 5 rings (SSSR count). The number of piperidine rings is 2. The second-order valence-corrected chi connectivity index (χ2v) is 10.6. The van der Waals surface area contributed by atoms with Gasteiger partial charge in [0.25, 0.3) is 0 Å². The van der Waals surface area contributed by atoms with Crippen LogP contribution in [0.3, 0.4) is 0 Å². The highest BCUT2D eigenvalue weighted by Crippen LogP contribution is 2.39. The minimum Gasteiger partial charge on any atom is -0.492 e. The normalized spacial score (nSPS) is 18.8. The molecule has 2 saturated heterocycles. The summed E-state index contributed by atoms with van der Waals surface area (Å²) in [6.45, 7) is 13.2. The predicted octanol–water partition coefficient (Wildman–Crippen LogP) is 6.32. The molecule has 0 unspecified atom stereocenters. The van der Waals surface area contributed by atoms with E-state index in [0.717, 1.165) is 56.1 Å². The molecular weight excluding hydrogens is 479 g/mol. The Morgan fingerprint density at radius 2 is 1.06 bits per heavy atom. The molecule has 0 spiro atoms. The second-order valence-electron chi connectivity index (χ2n) is 10.6. The van der Waals surface area contributed by atoms with Gasteiger partial charge in [0.2, 0.25) is 0 Å². The maximum absolute atomic E-state index is 6.13. The van der Waals surface area contributed by atoms with Crippen LogP contribution in [0.2, 0.25) is 0 Å². The van der Waals surface area contributed by atoms with Gasteiger partial charge >= 0.3 is 0 Å². The van der Waals surface area contributed by atoms with E-state index in [4.69, 9.17) is 9.47 Å². The Labute approximate surface area is 224 Å². The molecule has 35 heavy (non-hydrogen) atoms. The summed E-state index contributed by atoms with van der Waals surface area (Å²) in [5.41, 5.74) is 5.43. The quantitative estimate of drug-likeness (QED) is 0.346. The number of hydrogen-bond acceptors (Lipinski definition) is 4. The van der Waals surface area contributed by atoms with Crippen molar-refractivity contribution in [1.82, 2.24) is 9.80 Å². The average molecular weight is 522 g/mol. The van der Waals surface area contributed by atoms with Gasteiger partial charge in [-0.1, -0.05) is 26.0 Å². The van der Waals surface area contributed by atoms with E-state index in [2.05, 4.69) is 60.0 Å². The number of rotatable bonds is 8. The number of ether oxygens (including phenoxy) is 2. The molecule has 0 saturated carbocycles. The van der Waals surface area contributed by atoms with E-state index in [1.54, 1.807) is 0 Å². The van der Waals surface area contributed by atoms with Crippen molar-refractivity contribution in [3.05, 3.63) is 47.5 Å². The monoisotopic (exact) mass is 520 g/mol. The molecule has 0 amide bonds. The highest BCUT2D eigenvalue weighted by molar-refractivity contribution is 5.85. The summed E-state index contributed by atoms with van der Waals surface area (Å²) in [6.07, 6.45) is 6.24. The molecule has 1 aliphatic carbocycles. The Bertz CT molecular complexity index is 863. The van der Waals surface area contributed by atoms with Gasteiger partial charge in [-0.15, -0.1) is 24.8 Å². The minimum atomic E-state index is 0. The zero-order valence-corrected chi connectivity index (χ0v) is 23.0. The number of likely N-dealkylation sites (tertiary alicyclic amines) is 2. The molecule has 0 bridgehead atoms. The van der Waals surface area contributed by atoms with Crippen LogP contribution >= 0.6 is 24.8 Å². The van der Waals surface area contributed by atoms with Crippen molar-refractivity contribution in [2.45, 2.75) is 46.0 Å². The number of fused-ring (bicyclic) bond motifs is 3. The standard InChI is InChI=1S/C29H40N2O2.2ClH/c1-22-7-11-30(12-8-22)15-17-32-26-3-5-28-24(20-26)19-25-21-27(4-6-29(25)28)33-18-16-31-13-9-23(2)10-14-31;;/h3-6,20-23H,7-19H2,1-2H3;2*1H. The molecule has 0 atom stereocenters. The fraction of sp³-hybridized carbons (Fsp3) is 0.586. The lowest BCUT2D eigenvalue weighted by molar-refractivity contribution is 0.160. The Kier molecular flexibility index (Phi) is 10.6. The van der Waals surface area contributed by atoms with E-state index in [0.29, 0.717) is 0 Å². The van der Waals surface area contributed by atoms with Gasteiger partial charge in [-0.3, -0.25) is 9.80 Å². The van der Waals surface area contributed by atoms with E-state index < -0.39 is 0 Å². The van der Waals surface area contributed by atoms with E-state index in [1.807, 2.05) is 0 Å². The minimum absolute atomic E-state index is 0. The molecule has 194 valence electrons. The highest BCUT2D eigenvalue weighted by atomic mass is 35.5. The first-order valence-corrected chi connectivity index (χ1v) is 13.1. The molecule has 2 fully saturated rings. The maximum atomic E-state index is 6.13. The van der Waals surface area contributed by atoms with Gasteiger partial charge < -0.3 is 9.47 Å². The molecule has 2 heterocycles. The summed E-state index contributed by atoms with van der Waals surface area (Å²) in [5.74, 6) is 3.76. The van der Waals surface area contributed by atoms with Gasteiger partial charge in [0.05, 0.1) is 0 Å². The van der Waals surface area contributed by atoms with E-state index >= 15 is 0 Å². The van der Waals surface area contributed by atoms with Gasteiger partial charge in [0.15, 0.2) is 0 Å². The third-order valence-electron chi connectivity index (χ3n) is 7.93. The third-order valence-corrected chi connectivity index (χ3v) is 7.93. The Morgan fingerprint density at radius 1 is 0.657 bits per heavy atom. The predicted molar refractivity (Wildman–Crippen MR) is 150 cm³/mol. The van der Waals surface area contributed by atoms with Gasteiger partial charge in [-0.2, -0.15) is 0 Å². The lowest BCUT2D eigenvalue weighted by Gasteiger charge is -2.29. The summed E-state index contributed by atoms with van der Waals surface area (Å²) in [7, 11) is 0. The molecule has 2 aromatic carbocycles. The largest absolute Gasteiger partial charge is 0.492 e. The second kappa shape index (κ2) is 13.2. The molecule has 0 radical (unpaired) electrons. The van der Waals surface area contributed by atoms with Crippen molar-refractivity contribution in [3.8, 4) is 22.6 Å². The van der Waals surface area contributed by atoms with Crippen molar-refractivity contribution in [2.24, 2.45) is 11.8 Å². The van der Waals surface area contributed by atoms with Crippen molar-refractivity contribution in [2.75, 3.05) is 52.5 Å². The van der Waals surface area contributed by atoms with Crippen molar-refractivity contribution < 1.29 is 9.47 Å². The van der Waals surface area contributed by atoms with Gasteiger partial charge in [0, 0.05) is 13.1 Å². The maximum Gasteiger partial charge on any atom is 0.119 e. The average Bonchev–Trinajstić information content (AvgIpc) is 3.18. The SMILES string of the molecule is CC1CCN(CCOc2ccc3c(c2)Cc2cc(OCCN4CCC(C)CC4)ccc2-3)CC1.Cl.Cl. The van der Waals surface area contributed by atoms with Crippen LogP contribution in [0.5, 0.6) is 11.5 Å². The molecule has 4 nitrogen and oxygen atoms in total. The fourth-order valence-corrected chi connectivity index (χ4v) is 5.50. The first-order chi connectivity index (χ1) is 16.1.